The molecule has 0 spiro atoms. The topological polar surface area (TPSA) is 59.5 Å². The molecule has 1 aromatic heterocycles. The molecule has 0 N–H and O–H groups in total. The van der Waals surface area contributed by atoms with Crippen LogP contribution in [0.25, 0.3) is 10.8 Å². The third-order valence-electron chi connectivity index (χ3n) is 3.41. The monoisotopic (exact) mass is 292 g/mol. The van der Waals surface area contributed by atoms with Crippen molar-refractivity contribution in [3.63, 3.8) is 0 Å². The molecule has 0 unspecified atom stereocenters. The lowest BCUT2D eigenvalue weighted by Crippen LogP contribution is -2.31. The van der Waals surface area contributed by atoms with E-state index in [-0.39, 0.29) is 4.90 Å². The number of benzene rings is 1. The molecular weight excluding hydrogens is 276 g/mol. The summed E-state index contributed by atoms with van der Waals surface area (Å²) in [5.74, 6) is 0. The van der Waals surface area contributed by atoms with Crippen LogP contribution in [0.4, 0.5) is 0 Å². The fourth-order valence-corrected chi connectivity index (χ4v) is 3.88. The summed E-state index contributed by atoms with van der Waals surface area (Å²) in [6, 6.07) is 6.92. The highest BCUT2D eigenvalue weighted by Crippen LogP contribution is 2.26. The predicted octanol–water partition coefficient (Wildman–Crippen LogP) is 2.34. The van der Waals surface area contributed by atoms with E-state index in [0.717, 1.165) is 29.1 Å². The van der Waals surface area contributed by atoms with Crippen molar-refractivity contribution in [3.8, 4) is 0 Å². The molecule has 5 nitrogen and oxygen atoms in total. The van der Waals surface area contributed by atoms with Gasteiger partial charge in [0.05, 0.1) is 11.5 Å². The predicted molar refractivity (Wildman–Crippen MR) is 75.4 cm³/mol. The van der Waals surface area contributed by atoms with Gasteiger partial charge in [0.1, 0.15) is 0 Å². The van der Waals surface area contributed by atoms with E-state index < -0.39 is 10.0 Å². The van der Waals surface area contributed by atoms with Crippen LogP contribution in [-0.4, -0.2) is 31.0 Å². The Morgan fingerprint density at radius 1 is 1.15 bits per heavy atom. The van der Waals surface area contributed by atoms with Gasteiger partial charge in [0.15, 0.2) is 0 Å². The van der Waals surface area contributed by atoms with Crippen LogP contribution in [0.1, 0.15) is 19.3 Å². The second-order valence-electron chi connectivity index (χ2n) is 4.78. The first-order valence-electron chi connectivity index (χ1n) is 6.68. The Kier molecular flexibility index (Phi) is 3.69. The maximum absolute atomic E-state index is 12.7. The molecule has 1 fully saturated rings. The molecule has 0 atom stereocenters. The van der Waals surface area contributed by atoms with Crippen LogP contribution in [0.3, 0.4) is 0 Å². The fourth-order valence-electron chi connectivity index (χ4n) is 2.37. The number of rotatable bonds is 2. The molecule has 0 bridgehead atoms. The van der Waals surface area contributed by atoms with Gasteiger partial charge < -0.3 is 0 Å². The van der Waals surface area contributed by atoms with Gasteiger partial charge in [-0.05, 0) is 31.4 Å². The number of hydrogen-bond acceptors (Lipinski definition) is 4. The third kappa shape index (κ3) is 2.42. The van der Waals surface area contributed by atoms with Crippen molar-refractivity contribution in [1.29, 1.82) is 0 Å². The molecular formula is C14H16N2O3S. The van der Waals surface area contributed by atoms with E-state index in [4.69, 9.17) is 4.84 Å². The molecule has 20 heavy (non-hydrogen) atoms. The van der Waals surface area contributed by atoms with Crippen molar-refractivity contribution in [3.05, 3.63) is 36.7 Å². The standard InChI is InChI=1S/C14H16N2O3S/c17-20(18,16-9-2-1-3-10-19-16)14-6-4-5-12-11-15-8-7-13(12)14/h4-8,11H,1-3,9-10H2. The highest BCUT2D eigenvalue weighted by Gasteiger charge is 2.28. The summed E-state index contributed by atoms with van der Waals surface area (Å²) in [5, 5.41) is 1.48. The number of hydroxylamine groups is 1. The van der Waals surface area contributed by atoms with Gasteiger partial charge in [0, 0.05) is 29.7 Å². The minimum atomic E-state index is -3.63. The summed E-state index contributed by atoms with van der Waals surface area (Å²) in [4.78, 5) is 9.70. The van der Waals surface area contributed by atoms with E-state index in [1.165, 1.54) is 0 Å². The molecule has 6 heteroatoms. The molecule has 1 aliphatic rings. The molecule has 106 valence electrons. The first kappa shape index (κ1) is 13.5. The Morgan fingerprint density at radius 2 is 2.05 bits per heavy atom. The first-order valence-corrected chi connectivity index (χ1v) is 8.12. The number of hydrogen-bond donors (Lipinski definition) is 0. The molecule has 1 aliphatic heterocycles. The van der Waals surface area contributed by atoms with Gasteiger partial charge in [0.2, 0.25) is 0 Å². The molecule has 0 radical (unpaired) electrons. The van der Waals surface area contributed by atoms with Gasteiger partial charge >= 0.3 is 0 Å². The smallest absolute Gasteiger partial charge is 0.265 e. The Bertz CT molecular complexity index is 702. The van der Waals surface area contributed by atoms with Crippen LogP contribution in [0.5, 0.6) is 0 Å². The Labute approximate surface area is 118 Å². The van der Waals surface area contributed by atoms with E-state index in [1.807, 2.05) is 6.07 Å². The van der Waals surface area contributed by atoms with E-state index in [2.05, 4.69) is 4.98 Å². The molecule has 2 aromatic rings. The second kappa shape index (κ2) is 5.47. The maximum atomic E-state index is 12.7. The molecule has 3 rings (SSSR count). The Hall–Kier alpha value is -1.50. The summed E-state index contributed by atoms with van der Waals surface area (Å²) in [6.07, 6.45) is 5.98. The Morgan fingerprint density at radius 3 is 2.95 bits per heavy atom. The lowest BCUT2D eigenvalue weighted by atomic mass is 10.2. The van der Waals surface area contributed by atoms with E-state index in [9.17, 15) is 8.42 Å². The first-order chi connectivity index (χ1) is 9.69. The van der Waals surface area contributed by atoms with E-state index >= 15 is 0 Å². The van der Waals surface area contributed by atoms with Gasteiger partial charge in [-0.1, -0.05) is 16.6 Å². The van der Waals surface area contributed by atoms with E-state index in [0.29, 0.717) is 18.5 Å². The normalized spacial score (nSPS) is 18.0. The summed E-state index contributed by atoms with van der Waals surface area (Å²) >= 11 is 0. The highest BCUT2D eigenvalue weighted by molar-refractivity contribution is 7.89. The van der Waals surface area contributed by atoms with Crippen LogP contribution in [0.15, 0.2) is 41.6 Å². The number of sulfonamides is 1. The third-order valence-corrected chi connectivity index (χ3v) is 5.14. The van der Waals surface area contributed by atoms with Crippen molar-refractivity contribution in [2.75, 3.05) is 13.2 Å². The van der Waals surface area contributed by atoms with Crippen LogP contribution >= 0.6 is 0 Å². The Balaban J connectivity index is 2.09. The molecule has 0 aliphatic carbocycles. The van der Waals surface area contributed by atoms with Crippen LogP contribution in [0, 0.1) is 0 Å². The minimum Gasteiger partial charge on any atom is -0.284 e. The summed E-state index contributed by atoms with van der Waals surface area (Å²) in [5.41, 5.74) is 0. The maximum Gasteiger partial charge on any atom is 0.265 e. The number of nitrogens with zero attached hydrogens (tertiary/aromatic N) is 2. The average molecular weight is 292 g/mol. The number of pyridine rings is 1. The molecule has 0 amide bonds. The fraction of sp³-hybridized carbons (Fsp3) is 0.357. The van der Waals surface area contributed by atoms with Crippen LogP contribution in [0.2, 0.25) is 0 Å². The number of aromatic nitrogens is 1. The van der Waals surface area contributed by atoms with Gasteiger partial charge in [-0.15, -0.1) is 0 Å². The molecule has 1 saturated heterocycles. The zero-order valence-corrected chi connectivity index (χ0v) is 11.8. The summed E-state index contributed by atoms with van der Waals surface area (Å²) in [7, 11) is -3.63. The molecule has 2 heterocycles. The highest BCUT2D eigenvalue weighted by atomic mass is 32.2. The SMILES string of the molecule is O=S(=O)(c1cccc2cnccc12)N1CCCCCO1. The largest absolute Gasteiger partial charge is 0.284 e. The van der Waals surface area contributed by atoms with Crippen molar-refractivity contribution in [2.24, 2.45) is 0 Å². The second-order valence-corrected chi connectivity index (χ2v) is 6.58. The molecule has 0 saturated carbocycles. The lowest BCUT2D eigenvalue weighted by Gasteiger charge is -2.20. The zero-order valence-electron chi connectivity index (χ0n) is 11.0. The van der Waals surface area contributed by atoms with Crippen molar-refractivity contribution < 1.29 is 13.3 Å². The van der Waals surface area contributed by atoms with Crippen molar-refractivity contribution in [1.82, 2.24) is 9.45 Å². The molecule has 1 aromatic carbocycles. The summed E-state index contributed by atoms with van der Waals surface area (Å²) in [6.45, 7) is 0.857. The summed E-state index contributed by atoms with van der Waals surface area (Å²) < 4.78 is 26.6. The zero-order chi connectivity index (χ0) is 14.0. The van der Waals surface area contributed by atoms with Crippen molar-refractivity contribution >= 4 is 20.8 Å². The lowest BCUT2D eigenvalue weighted by molar-refractivity contribution is -0.0748. The van der Waals surface area contributed by atoms with Gasteiger partial charge in [-0.3, -0.25) is 9.82 Å². The van der Waals surface area contributed by atoms with E-state index in [1.54, 1.807) is 30.6 Å². The van der Waals surface area contributed by atoms with Crippen molar-refractivity contribution in [2.45, 2.75) is 24.2 Å². The average Bonchev–Trinajstić information content (AvgIpc) is 2.76. The van der Waals surface area contributed by atoms with Gasteiger partial charge in [-0.2, -0.15) is 0 Å². The number of fused-ring (bicyclic) bond motifs is 1. The van der Waals surface area contributed by atoms with Crippen LogP contribution in [-0.2, 0) is 14.9 Å². The van der Waals surface area contributed by atoms with Crippen LogP contribution < -0.4 is 0 Å². The van der Waals surface area contributed by atoms with Gasteiger partial charge in [-0.25, -0.2) is 8.42 Å². The quantitative estimate of drug-likeness (QED) is 0.852. The minimum absolute atomic E-state index is 0.277. The van der Waals surface area contributed by atoms with Gasteiger partial charge in [0.25, 0.3) is 10.0 Å².